The fourth-order valence-electron chi connectivity index (χ4n) is 1.39. The highest BCUT2D eigenvalue weighted by molar-refractivity contribution is 4.81. The molecule has 0 bridgehead atoms. The molecular weight excluding hydrogens is 176 g/mol. The zero-order valence-corrected chi connectivity index (χ0v) is 9.62. The molecule has 0 aliphatic carbocycles. The quantitative estimate of drug-likeness (QED) is 0.559. The molecule has 82 valence electrons. The molecule has 0 saturated carbocycles. The summed E-state index contributed by atoms with van der Waals surface area (Å²) < 4.78 is 4.99. The van der Waals surface area contributed by atoms with Crippen LogP contribution in [-0.2, 0) is 4.74 Å². The molecule has 0 aliphatic rings. The van der Waals surface area contributed by atoms with Crippen molar-refractivity contribution in [3.8, 4) is 6.07 Å². The number of hydrogen-bond donors (Lipinski definition) is 0. The van der Waals surface area contributed by atoms with Gasteiger partial charge < -0.3 is 9.64 Å². The average molecular weight is 198 g/mol. The Morgan fingerprint density at radius 3 is 2.64 bits per heavy atom. The first-order chi connectivity index (χ1) is 6.74. The van der Waals surface area contributed by atoms with Crippen molar-refractivity contribution in [1.29, 1.82) is 5.26 Å². The summed E-state index contributed by atoms with van der Waals surface area (Å²) in [5, 5.41) is 8.69. The number of methoxy groups -OCH3 is 1. The Balaban J connectivity index is 3.54. The highest BCUT2D eigenvalue weighted by atomic mass is 16.5. The summed E-state index contributed by atoms with van der Waals surface area (Å²) in [6.07, 6.45) is 2.26. The standard InChI is InChI=1S/C11H22N2O/c1-4-13(10-11(2)9-12)7-5-6-8-14-3/h11H,4-8,10H2,1-3H3. The molecule has 0 rings (SSSR count). The molecule has 0 aliphatic heterocycles. The molecular formula is C11H22N2O. The van der Waals surface area contributed by atoms with E-state index >= 15 is 0 Å². The van der Waals surface area contributed by atoms with Crippen molar-refractivity contribution < 1.29 is 4.74 Å². The van der Waals surface area contributed by atoms with Crippen LogP contribution in [0.4, 0.5) is 0 Å². The van der Waals surface area contributed by atoms with E-state index in [-0.39, 0.29) is 5.92 Å². The lowest BCUT2D eigenvalue weighted by Gasteiger charge is -2.21. The second-order valence-corrected chi connectivity index (χ2v) is 3.62. The summed E-state index contributed by atoms with van der Waals surface area (Å²) in [7, 11) is 1.73. The van der Waals surface area contributed by atoms with E-state index in [1.807, 2.05) is 6.92 Å². The Bertz CT molecular complexity index is 165. The third kappa shape index (κ3) is 6.88. The van der Waals surface area contributed by atoms with Crippen LogP contribution < -0.4 is 0 Å². The fraction of sp³-hybridized carbons (Fsp3) is 0.909. The molecule has 3 nitrogen and oxygen atoms in total. The Hall–Kier alpha value is -0.590. The van der Waals surface area contributed by atoms with Crippen molar-refractivity contribution >= 4 is 0 Å². The predicted octanol–water partition coefficient (Wildman–Crippen LogP) is 1.89. The van der Waals surface area contributed by atoms with Gasteiger partial charge in [0.1, 0.15) is 0 Å². The van der Waals surface area contributed by atoms with Gasteiger partial charge >= 0.3 is 0 Å². The van der Waals surface area contributed by atoms with Gasteiger partial charge in [0.05, 0.1) is 12.0 Å². The van der Waals surface area contributed by atoms with E-state index in [4.69, 9.17) is 10.00 Å². The van der Waals surface area contributed by atoms with Gasteiger partial charge in [-0.15, -0.1) is 0 Å². The van der Waals surface area contributed by atoms with Gasteiger partial charge in [0.15, 0.2) is 0 Å². The maximum atomic E-state index is 8.69. The molecule has 0 aromatic rings. The molecule has 0 spiro atoms. The van der Waals surface area contributed by atoms with Crippen molar-refractivity contribution in [2.45, 2.75) is 26.7 Å². The van der Waals surface area contributed by atoms with Crippen LogP contribution >= 0.6 is 0 Å². The largest absolute Gasteiger partial charge is 0.385 e. The molecule has 1 unspecified atom stereocenters. The zero-order valence-electron chi connectivity index (χ0n) is 9.62. The molecule has 0 heterocycles. The normalized spacial score (nSPS) is 12.8. The molecule has 14 heavy (non-hydrogen) atoms. The number of hydrogen-bond acceptors (Lipinski definition) is 3. The van der Waals surface area contributed by atoms with Crippen molar-refractivity contribution in [3.63, 3.8) is 0 Å². The Kier molecular flexibility index (Phi) is 8.61. The summed E-state index contributed by atoms with van der Waals surface area (Å²) in [5.74, 6) is 0.136. The van der Waals surface area contributed by atoms with Gasteiger partial charge in [0.25, 0.3) is 0 Å². The number of ether oxygens (including phenoxy) is 1. The van der Waals surface area contributed by atoms with Crippen LogP contribution in [0.3, 0.4) is 0 Å². The molecule has 0 saturated heterocycles. The summed E-state index contributed by atoms with van der Waals surface area (Å²) in [6, 6.07) is 2.26. The lowest BCUT2D eigenvalue weighted by molar-refractivity contribution is 0.183. The SMILES string of the molecule is CCN(CCCCOC)CC(C)C#N. The van der Waals surface area contributed by atoms with E-state index in [0.717, 1.165) is 39.1 Å². The molecule has 0 radical (unpaired) electrons. The highest BCUT2D eigenvalue weighted by Crippen LogP contribution is 2.01. The smallest absolute Gasteiger partial charge is 0.0666 e. The van der Waals surface area contributed by atoms with E-state index in [0.29, 0.717) is 0 Å². The summed E-state index contributed by atoms with van der Waals surface area (Å²) in [4.78, 5) is 2.32. The second kappa shape index (κ2) is 8.98. The lowest BCUT2D eigenvalue weighted by atomic mass is 10.2. The Morgan fingerprint density at radius 2 is 2.14 bits per heavy atom. The van der Waals surface area contributed by atoms with Gasteiger partial charge in [0, 0.05) is 20.3 Å². The third-order valence-corrected chi connectivity index (χ3v) is 2.27. The summed E-state index contributed by atoms with van der Waals surface area (Å²) in [6.45, 7) is 7.94. The molecule has 1 atom stereocenters. The number of nitriles is 1. The Labute approximate surface area is 87.7 Å². The van der Waals surface area contributed by atoms with Gasteiger partial charge in [-0.1, -0.05) is 6.92 Å². The van der Waals surface area contributed by atoms with Gasteiger partial charge in [-0.25, -0.2) is 0 Å². The lowest BCUT2D eigenvalue weighted by Crippen LogP contribution is -2.29. The van der Waals surface area contributed by atoms with Crippen LogP contribution in [0.5, 0.6) is 0 Å². The zero-order chi connectivity index (χ0) is 10.8. The van der Waals surface area contributed by atoms with Crippen molar-refractivity contribution in [1.82, 2.24) is 4.90 Å². The average Bonchev–Trinajstić information content (AvgIpc) is 2.22. The van der Waals surface area contributed by atoms with Crippen molar-refractivity contribution in [3.05, 3.63) is 0 Å². The van der Waals surface area contributed by atoms with Crippen LogP contribution in [0.1, 0.15) is 26.7 Å². The van der Waals surface area contributed by atoms with E-state index < -0.39 is 0 Å². The maximum absolute atomic E-state index is 8.69. The monoisotopic (exact) mass is 198 g/mol. The number of unbranched alkanes of at least 4 members (excludes halogenated alkanes) is 1. The Morgan fingerprint density at radius 1 is 1.43 bits per heavy atom. The van der Waals surface area contributed by atoms with Gasteiger partial charge in [-0.3, -0.25) is 0 Å². The third-order valence-electron chi connectivity index (χ3n) is 2.27. The molecule has 3 heteroatoms. The number of nitrogens with zero attached hydrogens (tertiary/aromatic N) is 2. The van der Waals surface area contributed by atoms with Crippen LogP contribution in [0.2, 0.25) is 0 Å². The molecule has 0 fully saturated rings. The van der Waals surface area contributed by atoms with Crippen molar-refractivity contribution in [2.24, 2.45) is 5.92 Å². The maximum Gasteiger partial charge on any atom is 0.0666 e. The topological polar surface area (TPSA) is 36.3 Å². The van der Waals surface area contributed by atoms with Crippen LogP contribution in [-0.4, -0.2) is 38.3 Å². The van der Waals surface area contributed by atoms with E-state index in [2.05, 4.69) is 17.9 Å². The first kappa shape index (κ1) is 13.4. The molecule has 0 aromatic carbocycles. The first-order valence-corrected chi connectivity index (χ1v) is 5.35. The fourth-order valence-corrected chi connectivity index (χ4v) is 1.39. The van der Waals surface area contributed by atoms with E-state index in [9.17, 15) is 0 Å². The van der Waals surface area contributed by atoms with Gasteiger partial charge in [-0.2, -0.15) is 5.26 Å². The van der Waals surface area contributed by atoms with Crippen molar-refractivity contribution in [2.75, 3.05) is 33.4 Å². The van der Waals surface area contributed by atoms with E-state index in [1.54, 1.807) is 7.11 Å². The van der Waals surface area contributed by atoms with Crippen LogP contribution in [0.25, 0.3) is 0 Å². The minimum Gasteiger partial charge on any atom is -0.385 e. The minimum absolute atomic E-state index is 0.136. The molecule has 0 aromatic heterocycles. The minimum atomic E-state index is 0.136. The summed E-state index contributed by atoms with van der Waals surface area (Å²) in [5.41, 5.74) is 0. The second-order valence-electron chi connectivity index (χ2n) is 3.62. The summed E-state index contributed by atoms with van der Waals surface area (Å²) >= 11 is 0. The predicted molar refractivity (Wildman–Crippen MR) is 58.0 cm³/mol. The van der Waals surface area contributed by atoms with Gasteiger partial charge in [0.2, 0.25) is 0 Å². The molecule has 0 N–H and O–H groups in total. The number of rotatable bonds is 8. The van der Waals surface area contributed by atoms with Crippen LogP contribution in [0, 0.1) is 17.2 Å². The first-order valence-electron chi connectivity index (χ1n) is 5.35. The van der Waals surface area contributed by atoms with Crippen LogP contribution in [0.15, 0.2) is 0 Å². The highest BCUT2D eigenvalue weighted by Gasteiger charge is 2.06. The van der Waals surface area contributed by atoms with E-state index in [1.165, 1.54) is 0 Å². The molecule has 0 amide bonds. The van der Waals surface area contributed by atoms with Gasteiger partial charge in [-0.05, 0) is 32.9 Å².